The third kappa shape index (κ3) is 1.27. The molecule has 0 radical (unpaired) electrons. The van der Waals surface area contributed by atoms with E-state index in [0.717, 1.165) is 17.6 Å². The Morgan fingerprint density at radius 1 is 1.31 bits per heavy atom. The van der Waals surface area contributed by atoms with Crippen LogP contribution in [0.3, 0.4) is 0 Å². The van der Waals surface area contributed by atoms with Crippen molar-refractivity contribution in [1.82, 2.24) is 0 Å². The van der Waals surface area contributed by atoms with E-state index >= 15 is 0 Å². The van der Waals surface area contributed by atoms with Gasteiger partial charge in [0.25, 0.3) is 0 Å². The zero-order chi connectivity index (χ0) is 12.0. The summed E-state index contributed by atoms with van der Waals surface area (Å²) in [4.78, 5) is 12.0. The van der Waals surface area contributed by atoms with Crippen molar-refractivity contribution in [1.29, 1.82) is 0 Å². The van der Waals surface area contributed by atoms with Crippen LogP contribution in [-0.2, 0) is 9.53 Å². The van der Waals surface area contributed by atoms with Crippen molar-refractivity contribution in [2.75, 3.05) is 7.11 Å². The molecular formula is C13H18O3. The van der Waals surface area contributed by atoms with Crippen molar-refractivity contribution in [2.45, 2.75) is 37.7 Å². The van der Waals surface area contributed by atoms with E-state index in [0.29, 0.717) is 25.7 Å². The van der Waals surface area contributed by atoms with Crippen molar-refractivity contribution < 1.29 is 14.6 Å². The van der Waals surface area contributed by atoms with Crippen LogP contribution in [0.1, 0.15) is 32.1 Å². The molecule has 0 bridgehead atoms. The molecule has 2 aliphatic carbocycles. The monoisotopic (exact) mass is 222 g/mol. The molecule has 3 nitrogen and oxygen atoms in total. The van der Waals surface area contributed by atoms with Gasteiger partial charge in [-0.05, 0) is 31.3 Å². The molecule has 2 rings (SSSR count). The van der Waals surface area contributed by atoms with E-state index in [1.54, 1.807) is 0 Å². The quantitative estimate of drug-likeness (QED) is 0.690. The van der Waals surface area contributed by atoms with Gasteiger partial charge in [0.2, 0.25) is 0 Å². The van der Waals surface area contributed by atoms with E-state index in [4.69, 9.17) is 4.74 Å². The summed E-state index contributed by atoms with van der Waals surface area (Å²) < 4.78 is 4.87. The van der Waals surface area contributed by atoms with Crippen LogP contribution in [0.15, 0.2) is 24.3 Å². The molecule has 0 aliphatic heterocycles. The summed E-state index contributed by atoms with van der Waals surface area (Å²) in [5.41, 5.74) is -0.0146. The molecule has 1 N–H and O–H groups in total. The lowest BCUT2D eigenvalue weighted by molar-refractivity contribution is -0.170. The average Bonchev–Trinajstić information content (AvgIpc) is 2.56. The fourth-order valence-corrected chi connectivity index (χ4v) is 3.19. The summed E-state index contributed by atoms with van der Waals surface area (Å²) >= 11 is 0. The Bertz CT molecular complexity index is 371. The first-order chi connectivity index (χ1) is 7.45. The summed E-state index contributed by atoms with van der Waals surface area (Å²) in [5.74, 6) is -0.304. The number of hydrogen-bond acceptors (Lipinski definition) is 3. The number of aliphatic hydroxyl groups is 1. The fraction of sp³-hybridized carbons (Fsp3) is 0.615. The Morgan fingerprint density at radius 2 is 1.94 bits per heavy atom. The highest BCUT2D eigenvalue weighted by atomic mass is 16.5. The molecule has 2 aliphatic rings. The lowest BCUT2D eigenvalue weighted by Crippen LogP contribution is -2.52. The van der Waals surface area contributed by atoms with Crippen LogP contribution in [-0.4, -0.2) is 23.8 Å². The molecular weight excluding hydrogens is 204 g/mol. The summed E-state index contributed by atoms with van der Waals surface area (Å²) in [5, 5.41) is 10.6. The normalized spacial score (nSPS) is 38.4. The van der Waals surface area contributed by atoms with Crippen molar-refractivity contribution in [3.8, 4) is 0 Å². The molecule has 2 unspecified atom stereocenters. The number of ether oxygens (including phenoxy) is 1. The van der Waals surface area contributed by atoms with Gasteiger partial charge in [0, 0.05) is 6.42 Å². The molecule has 0 aromatic carbocycles. The van der Waals surface area contributed by atoms with E-state index in [1.165, 1.54) is 7.11 Å². The molecule has 2 saturated carbocycles. The largest absolute Gasteiger partial charge is 0.468 e. The molecule has 0 heterocycles. The molecule has 0 amide bonds. The van der Waals surface area contributed by atoms with Gasteiger partial charge in [0.15, 0.2) is 0 Å². The Kier molecular flexibility index (Phi) is 2.46. The topological polar surface area (TPSA) is 46.5 Å². The van der Waals surface area contributed by atoms with Crippen LogP contribution >= 0.6 is 0 Å². The average molecular weight is 222 g/mol. The van der Waals surface area contributed by atoms with E-state index < -0.39 is 11.0 Å². The lowest BCUT2D eigenvalue weighted by atomic mass is 9.62. The molecule has 0 aromatic heterocycles. The zero-order valence-electron chi connectivity index (χ0n) is 9.71. The summed E-state index contributed by atoms with van der Waals surface area (Å²) in [6.45, 7) is 7.84. The van der Waals surface area contributed by atoms with Gasteiger partial charge in [-0.15, -0.1) is 0 Å². The van der Waals surface area contributed by atoms with Crippen LogP contribution in [0.2, 0.25) is 0 Å². The third-order valence-electron chi connectivity index (χ3n) is 4.18. The highest BCUT2D eigenvalue weighted by molar-refractivity contribution is 5.80. The summed E-state index contributed by atoms with van der Waals surface area (Å²) in [6.07, 6.45) is 3.11. The van der Waals surface area contributed by atoms with Crippen LogP contribution in [0.25, 0.3) is 0 Å². The minimum absolute atomic E-state index is 0.304. The van der Waals surface area contributed by atoms with Crippen LogP contribution < -0.4 is 0 Å². The van der Waals surface area contributed by atoms with Crippen molar-refractivity contribution >= 4 is 5.97 Å². The number of carbonyl (C=O) groups excluding carboxylic acids is 1. The first kappa shape index (κ1) is 11.4. The SMILES string of the molecule is C=C1CC2(O)CCCC2(C(=O)OC)CC1=C. The number of methoxy groups -OCH3 is 1. The molecule has 88 valence electrons. The van der Waals surface area contributed by atoms with Gasteiger partial charge in [-0.2, -0.15) is 0 Å². The molecule has 3 heteroatoms. The molecule has 16 heavy (non-hydrogen) atoms. The Labute approximate surface area is 95.8 Å². The number of fused-ring (bicyclic) bond motifs is 1. The van der Waals surface area contributed by atoms with Gasteiger partial charge < -0.3 is 9.84 Å². The molecule has 2 atom stereocenters. The van der Waals surface area contributed by atoms with Gasteiger partial charge in [-0.1, -0.05) is 18.7 Å². The minimum Gasteiger partial charge on any atom is -0.468 e. The van der Waals surface area contributed by atoms with Crippen molar-refractivity contribution in [3.05, 3.63) is 24.3 Å². The molecule has 0 aromatic rings. The standard InChI is InChI=1S/C13H18O3/c1-9-7-12(11(14)16-3)5-4-6-13(12,15)8-10(9)2/h15H,1-2,4-8H2,3H3. The van der Waals surface area contributed by atoms with E-state index in [1.807, 2.05) is 0 Å². The van der Waals surface area contributed by atoms with Gasteiger partial charge in [-0.3, -0.25) is 4.79 Å². The second kappa shape index (κ2) is 3.45. The lowest BCUT2D eigenvalue weighted by Gasteiger charge is -2.45. The van der Waals surface area contributed by atoms with E-state index in [9.17, 15) is 9.90 Å². The summed E-state index contributed by atoms with van der Waals surface area (Å²) in [6, 6.07) is 0. The second-order valence-corrected chi connectivity index (χ2v) is 5.02. The fourth-order valence-electron chi connectivity index (χ4n) is 3.19. The number of hydrogen-bond donors (Lipinski definition) is 1. The van der Waals surface area contributed by atoms with Gasteiger partial charge >= 0.3 is 5.97 Å². The predicted octanol–water partition coefficient (Wildman–Crippen LogP) is 1.97. The zero-order valence-corrected chi connectivity index (χ0v) is 9.71. The maximum Gasteiger partial charge on any atom is 0.315 e. The maximum atomic E-state index is 12.0. The molecule has 0 spiro atoms. The van der Waals surface area contributed by atoms with Crippen LogP contribution in [0.4, 0.5) is 0 Å². The molecule has 2 fully saturated rings. The number of esters is 1. The van der Waals surface area contributed by atoms with Gasteiger partial charge in [-0.25, -0.2) is 0 Å². The van der Waals surface area contributed by atoms with Crippen LogP contribution in [0, 0.1) is 5.41 Å². The van der Waals surface area contributed by atoms with E-state index in [2.05, 4.69) is 13.2 Å². The van der Waals surface area contributed by atoms with Gasteiger partial charge in [0.1, 0.15) is 5.41 Å². The van der Waals surface area contributed by atoms with Crippen molar-refractivity contribution in [2.24, 2.45) is 5.41 Å². The van der Waals surface area contributed by atoms with Crippen LogP contribution in [0.5, 0.6) is 0 Å². The smallest absolute Gasteiger partial charge is 0.315 e. The first-order valence-electron chi connectivity index (χ1n) is 5.62. The van der Waals surface area contributed by atoms with Gasteiger partial charge in [0.05, 0.1) is 12.7 Å². The second-order valence-electron chi connectivity index (χ2n) is 5.02. The Balaban J connectivity index is 2.44. The molecule has 0 saturated heterocycles. The Morgan fingerprint density at radius 3 is 2.56 bits per heavy atom. The predicted molar refractivity (Wildman–Crippen MR) is 60.8 cm³/mol. The summed E-state index contributed by atoms with van der Waals surface area (Å²) in [7, 11) is 1.38. The Hall–Kier alpha value is -1.09. The maximum absolute atomic E-state index is 12.0. The van der Waals surface area contributed by atoms with E-state index in [-0.39, 0.29) is 5.97 Å². The number of carbonyl (C=O) groups is 1. The highest BCUT2D eigenvalue weighted by Gasteiger charge is 2.61. The first-order valence-corrected chi connectivity index (χ1v) is 5.62. The third-order valence-corrected chi connectivity index (χ3v) is 4.18. The number of rotatable bonds is 1. The highest BCUT2D eigenvalue weighted by Crippen LogP contribution is 2.57. The number of allylic oxidation sites excluding steroid dienone is 1. The van der Waals surface area contributed by atoms with Crippen molar-refractivity contribution in [3.63, 3.8) is 0 Å². The minimum atomic E-state index is -0.974.